The van der Waals surface area contributed by atoms with Gasteiger partial charge in [-0.25, -0.2) is 13.4 Å². The lowest BCUT2D eigenvalue weighted by Crippen LogP contribution is -2.38. The van der Waals surface area contributed by atoms with Gasteiger partial charge in [-0.2, -0.15) is 4.31 Å². The first-order valence-corrected chi connectivity index (χ1v) is 9.09. The average Bonchev–Trinajstić information content (AvgIpc) is 2.92. The van der Waals surface area contributed by atoms with Crippen molar-refractivity contribution in [1.29, 1.82) is 0 Å². The van der Waals surface area contributed by atoms with E-state index in [1.54, 1.807) is 10.5 Å². The Hall–Kier alpha value is -0.400. The van der Waals surface area contributed by atoms with Crippen LogP contribution < -0.4 is 0 Å². The Balaban J connectivity index is 2.36. The maximum absolute atomic E-state index is 12.7. The fourth-order valence-corrected chi connectivity index (χ4v) is 5.46. The van der Waals surface area contributed by atoms with Gasteiger partial charge >= 0.3 is 0 Å². The number of aromatic nitrogens is 2. The topological polar surface area (TPSA) is 55.2 Å². The third kappa shape index (κ3) is 2.60. The summed E-state index contributed by atoms with van der Waals surface area (Å²) in [4.78, 5) is 4.21. The average molecular weight is 350 g/mol. The van der Waals surface area contributed by atoms with Gasteiger partial charge in [0.05, 0.1) is 0 Å². The first kappa shape index (κ1) is 15.0. The molecule has 1 fully saturated rings. The molecule has 108 valence electrons. The summed E-state index contributed by atoms with van der Waals surface area (Å²) < 4.78 is 28.8. The van der Waals surface area contributed by atoms with E-state index < -0.39 is 10.0 Å². The molecule has 7 heteroatoms. The Bertz CT molecular complexity index is 555. The Morgan fingerprint density at radius 1 is 1.53 bits per heavy atom. The Morgan fingerprint density at radius 2 is 2.21 bits per heavy atom. The van der Waals surface area contributed by atoms with Crippen LogP contribution in [0.2, 0.25) is 0 Å². The zero-order valence-corrected chi connectivity index (χ0v) is 13.9. The first-order valence-electron chi connectivity index (χ1n) is 6.53. The summed E-state index contributed by atoms with van der Waals surface area (Å²) in [5.74, 6) is 1.12. The number of aryl methyl sites for hydroxylation is 2. The number of rotatable bonds is 4. The van der Waals surface area contributed by atoms with Crippen molar-refractivity contribution in [3.05, 3.63) is 12.0 Å². The van der Waals surface area contributed by atoms with E-state index in [2.05, 4.69) is 27.8 Å². The monoisotopic (exact) mass is 349 g/mol. The van der Waals surface area contributed by atoms with E-state index in [1.165, 1.54) is 0 Å². The molecule has 1 aliphatic rings. The van der Waals surface area contributed by atoms with Gasteiger partial charge < -0.3 is 4.57 Å². The molecule has 5 nitrogen and oxygen atoms in total. The van der Waals surface area contributed by atoms with Crippen molar-refractivity contribution in [3.63, 3.8) is 0 Å². The summed E-state index contributed by atoms with van der Waals surface area (Å²) in [7, 11) is -3.47. The number of halogens is 1. The lowest BCUT2D eigenvalue weighted by molar-refractivity contribution is 0.377. The van der Waals surface area contributed by atoms with Gasteiger partial charge in [0.15, 0.2) is 5.03 Å². The molecule has 0 radical (unpaired) electrons. The molecule has 0 aliphatic carbocycles. The van der Waals surface area contributed by atoms with Crippen LogP contribution in [0.3, 0.4) is 0 Å². The van der Waals surface area contributed by atoms with E-state index in [4.69, 9.17) is 0 Å². The number of sulfonamides is 1. The van der Waals surface area contributed by atoms with E-state index in [0.29, 0.717) is 17.8 Å². The van der Waals surface area contributed by atoms with Gasteiger partial charge in [-0.3, -0.25) is 0 Å². The van der Waals surface area contributed by atoms with Crippen LogP contribution >= 0.6 is 15.9 Å². The number of alkyl halides is 1. The van der Waals surface area contributed by atoms with Crippen LogP contribution in [-0.2, 0) is 16.6 Å². The van der Waals surface area contributed by atoms with E-state index in [0.717, 1.165) is 18.8 Å². The molecular formula is C12H20BrN3O2S. The van der Waals surface area contributed by atoms with Gasteiger partial charge in [0.25, 0.3) is 10.0 Å². The van der Waals surface area contributed by atoms with E-state index in [1.807, 2.05) is 18.4 Å². The van der Waals surface area contributed by atoms with Crippen LogP contribution in [0.15, 0.2) is 11.2 Å². The molecule has 2 unspecified atom stereocenters. The Morgan fingerprint density at radius 3 is 2.74 bits per heavy atom. The zero-order valence-electron chi connectivity index (χ0n) is 11.5. The molecular weight excluding hydrogens is 330 g/mol. The zero-order chi connectivity index (χ0) is 14.2. The molecule has 0 bridgehead atoms. The summed E-state index contributed by atoms with van der Waals surface area (Å²) in [5.41, 5.74) is 0. The lowest BCUT2D eigenvalue weighted by Gasteiger charge is -2.23. The first-order chi connectivity index (χ1) is 8.91. The summed E-state index contributed by atoms with van der Waals surface area (Å²) in [6.45, 7) is 7.21. The molecule has 0 saturated carbocycles. The maximum Gasteiger partial charge on any atom is 0.262 e. The normalized spacial score (nSPS) is 25.1. The van der Waals surface area contributed by atoms with Crippen molar-refractivity contribution >= 4 is 26.0 Å². The highest BCUT2D eigenvalue weighted by atomic mass is 79.9. The molecule has 2 heterocycles. The van der Waals surface area contributed by atoms with E-state index in [-0.39, 0.29) is 11.1 Å². The molecule has 0 spiro atoms. The van der Waals surface area contributed by atoms with Gasteiger partial charge in [0.2, 0.25) is 0 Å². The van der Waals surface area contributed by atoms with Gasteiger partial charge in [-0.05, 0) is 26.2 Å². The molecule has 1 saturated heterocycles. The predicted octanol–water partition coefficient (Wildman–Crippen LogP) is 2.01. The number of hydrogen-bond acceptors (Lipinski definition) is 3. The minimum Gasteiger partial charge on any atom is -0.334 e. The van der Waals surface area contributed by atoms with Crippen molar-refractivity contribution < 1.29 is 8.42 Å². The van der Waals surface area contributed by atoms with Crippen LogP contribution in [0.25, 0.3) is 0 Å². The third-order valence-electron chi connectivity index (χ3n) is 3.86. The predicted molar refractivity (Wildman–Crippen MR) is 77.9 cm³/mol. The summed E-state index contributed by atoms with van der Waals surface area (Å²) >= 11 is 3.42. The molecule has 19 heavy (non-hydrogen) atoms. The second-order valence-electron chi connectivity index (χ2n) is 5.02. The molecule has 1 aliphatic heterocycles. The van der Waals surface area contributed by atoms with Crippen molar-refractivity contribution in [1.82, 2.24) is 13.9 Å². The van der Waals surface area contributed by atoms with Gasteiger partial charge in [0.1, 0.15) is 5.82 Å². The van der Waals surface area contributed by atoms with Crippen molar-refractivity contribution in [2.24, 2.45) is 5.92 Å². The molecule has 2 atom stereocenters. The fourth-order valence-electron chi connectivity index (χ4n) is 2.54. The van der Waals surface area contributed by atoms with Gasteiger partial charge in [-0.1, -0.05) is 22.9 Å². The van der Waals surface area contributed by atoms with E-state index in [9.17, 15) is 8.42 Å². The number of hydrogen-bond donors (Lipinski definition) is 0. The minimum atomic E-state index is -3.47. The SMILES string of the molecule is CCn1cc(S(=O)(=O)N2CCC(C)C2CBr)nc1C. The molecule has 0 amide bonds. The quantitative estimate of drug-likeness (QED) is 0.781. The van der Waals surface area contributed by atoms with Crippen molar-refractivity contribution in [3.8, 4) is 0 Å². The summed E-state index contributed by atoms with van der Waals surface area (Å²) in [6, 6.07) is 0.0251. The standard InChI is InChI=1S/C12H20BrN3O2S/c1-4-15-8-12(14-10(15)3)19(17,18)16-6-5-9(2)11(16)7-13/h8-9,11H,4-7H2,1-3H3. The highest BCUT2D eigenvalue weighted by Gasteiger charge is 2.40. The molecule has 0 N–H and O–H groups in total. The second kappa shape index (κ2) is 5.54. The number of imidazole rings is 1. The maximum atomic E-state index is 12.7. The number of nitrogens with zero attached hydrogens (tertiary/aromatic N) is 3. The van der Waals surface area contributed by atoms with Crippen LogP contribution in [0.1, 0.15) is 26.1 Å². The Labute approximate surface area is 123 Å². The molecule has 1 aromatic heterocycles. The minimum absolute atomic E-state index is 0.0251. The molecule has 1 aromatic rings. The largest absolute Gasteiger partial charge is 0.334 e. The fraction of sp³-hybridized carbons (Fsp3) is 0.750. The lowest BCUT2D eigenvalue weighted by atomic mass is 10.1. The van der Waals surface area contributed by atoms with Gasteiger partial charge in [-0.15, -0.1) is 0 Å². The third-order valence-corrected chi connectivity index (χ3v) is 6.32. The summed E-state index contributed by atoms with van der Waals surface area (Å²) in [5, 5.41) is 0.841. The van der Waals surface area contributed by atoms with Crippen LogP contribution in [-0.4, -0.2) is 40.2 Å². The van der Waals surface area contributed by atoms with Crippen LogP contribution in [0.5, 0.6) is 0 Å². The summed E-state index contributed by atoms with van der Waals surface area (Å²) in [6.07, 6.45) is 2.54. The van der Waals surface area contributed by atoms with Crippen LogP contribution in [0.4, 0.5) is 0 Å². The smallest absolute Gasteiger partial charge is 0.262 e. The Kier molecular flexibility index (Phi) is 4.37. The molecule has 0 aromatic carbocycles. The van der Waals surface area contributed by atoms with Crippen LogP contribution in [0, 0.1) is 12.8 Å². The van der Waals surface area contributed by atoms with Crippen molar-refractivity contribution in [2.75, 3.05) is 11.9 Å². The molecule has 2 rings (SSSR count). The highest BCUT2D eigenvalue weighted by molar-refractivity contribution is 9.09. The van der Waals surface area contributed by atoms with Gasteiger partial charge in [0, 0.05) is 30.7 Å². The van der Waals surface area contributed by atoms with Crippen molar-refractivity contribution in [2.45, 2.75) is 44.8 Å². The van der Waals surface area contributed by atoms with E-state index >= 15 is 0 Å². The highest BCUT2D eigenvalue weighted by Crippen LogP contribution is 2.30. The second-order valence-corrected chi connectivity index (χ2v) is 7.50.